The van der Waals surface area contributed by atoms with Crippen molar-refractivity contribution in [3.8, 4) is 0 Å². The molecule has 3 N–H and O–H groups in total. The van der Waals surface area contributed by atoms with Gasteiger partial charge in [-0.1, -0.05) is 6.42 Å². The summed E-state index contributed by atoms with van der Waals surface area (Å²) < 4.78 is 3.88. The van der Waals surface area contributed by atoms with Gasteiger partial charge in [0.05, 0.1) is 0 Å². The van der Waals surface area contributed by atoms with E-state index in [1.165, 1.54) is 22.0 Å². The Hall–Kier alpha value is -3.08. The molecule has 2 fully saturated rings. The topological polar surface area (TPSA) is 164 Å². The number of hydrogen-bond acceptors (Lipinski definition) is 8. The van der Waals surface area contributed by atoms with E-state index in [0.717, 1.165) is 38.5 Å². The SMILES string of the molecule is NCCCCCC(=O)OC(=O)O.O=C1C=CC(=O)N1CC1CCC(N2C(=O)CCC2=O)CC1. The lowest BCUT2D eigenvalue weighted by Crippen LogP contribution is -2.43. The lowest BCUT2D eigenvalue weighted by Gasteiger charge is -2.34. The molecule has 11 heteroatoms. The zero-order valence-corrected chi connectivity index (χ0v) is 18.6. The number of hydrogen-bond donors (Lipinski definition) is 2. The van der Waals surface area contributed by atoms with Crippen LogP contribution in [0.3, 0.4) is 0 Å². The highest BCUT2D eigenvalue weighted by Gasteiger charge is 2.37. The van der Waals surface area contributed by atoms with Crippen LogP contribution in [0.15, 0.2) is 12.2 Å². The van der Waals surface area contributed by atoms with Crippen molar-refractivity contribution in [2.75, 3.05) is 13.1 Å². The number of rotatable bonds is 8. The first-order valence-electron chi connectivity index (χ1n) is 11.2. The molecule has 2 aliphatic heterocycles. The van der Waals surface area contributed by atoms with E-state index in [-0.39, 0.29) is 42.0 Å². The van der Waals surface area contributed by atoms with Crippen molar-refractivity contribution in [1.82, 2.24) is 9.80 Å². The number of nitrogens with zero attached hydrogens (tertiary/aromatic N) is 2. The fourth-order valence-corrected chi connectivity index (χ4v) is 4.19. The molecule has 2 heterocycles. The maximum absolute atomic E-state index is 11.7. The molecule has 0 aromatic heterocycles. The van der Waals surface area contributed by atoms with Crippen molar-refractivity contribution in [3.63, 3.8) is 0 Å². The molecule has 4 amide bonds. The number of esters is 1. The molecule has 0 bridgehead atoms. The summed E-state index contributed by atoms with van der Waals surface area (Å²) >= 11 is 0. The third-order valence-corrected chi connectivity index (χ3v) is 5.90. The summed E-state index contributed by atoms with van der Waals surface area (Å²) in [6, 6.07) is 0.00635. The summed E-state index contributed by atoms with van der Waals surface area (Å²) in [7, 11) is 0. The maximum atomic E-state index is 11.7. The molecule has 182 valence electrons. The van der Waals surface area contributed by atoms with Gasteiger partial charge >= 0.3 is 12.1 Å². The van der Waals surface area contributed by atoms with E-state index in [9.17, 15) is 28.8 Å². The number of amides is 4. The minimum Gasteiger partial charge on any atom is -0.449 e. The van der Waals surface area contributed by atoms with E-state index in [1.807, 2.05) is 0 Å². The molecular formula is C22H31N3O8. The van der Waals surface area contributed by atoms with E-state index in [1.54, 1.807) is 0 Å². The Kier molecular flexibility index (Phi) is 10.2. The number of nitrogens with two attached hydrogens (primary N) is 1. The van der Waals surface area contributed by atoms with Gasteiger partial charge in [-0.15, -0.1) is 0 Å². The molecule has 11 nitrogen and oxygen atoms in total. The van der Waals surface area contributed by atoms with E-state index >= 15 is 0 Å². The van der Waals surface area contributed by atoms with Crippen LogP contribution < -0.4 is 5.73 Å². The largest absolute Gasteiger partial charge is 0.513 e. The minimum absolute atomic E-state index is 0.00635. The van der Waals surface area contributed by atoms with Gasteiger partial charge in [-0.25, -0.2) is 4.79 Å². The monoisotopic (exact) mass is 465 g/mol. The van der Waals surface area contributed by atoms with E-state index in [2.05, 4.69) is 4.74 Å². The second kappa shape index (κ2) is 12.8. The molecule has 0 aromatic carbocycles. The number of carboxylic acid groups (broad SMARTS) is 1. The fraction of sp³-hybridized carbons (Fsp3) is 0.636. The van der Waals surface area contributed by atoms with Crippen molar-refractivity contribution >= 4 is 35.8 Å². The van der Waals surface area contributed by atoms with Gasteiger partial charge in [-0.05, 0) is 51.0 Å². The Morgan fingerprint density at radius 1 is 0.939 bits per heavy atom. The highest BCUT2D eigenvalue weighted by molar-refractivity contribution is 6.12. The zero-order valence-electron chi connectivity index (χ0n) is 18.6. The van der Waals surface area contributed by atoms with Crippen molar-refractivity contribution < 1.29 is 38.6 Å². The Morgan fingerprint density at radius 3 is 2.03 bits per heavy atom. The number of likely N-dealkylation sites (tertiary alicyclic amines) is 1. The molecule has 3 aliphatic rings. The fourth-order valence-electron chi connectivity index (χ4n) is 4.19. The quantitative estimate of drug-likeness (QED) is 0.233. The molecule has 1 aliphatic carbocycles. The number of carbonyl (C=O) groups excluding carboxylic acids is 5. The van der Waals surface area contributed by atoms with Crippen LogP contribution in [0, 0.1) is 5.92 Å². The van der Waals surface area contributed by atoms with Crippen LogP contribution in [0.25, 0.3) is 0 Å². The lowest BCUT2D eigenvalue weighted by atomic mass is 9.85. The van der Waals surface area contributed by atoms with Crippen molar-refractivity contribution in [1.29, 1.82) is 0 Å². The number of unbranched alkanes of at least 4 members (excludes halogenated alkanes) is 2. The van der Waals surface area contributed by atoms with Gasteiger partial charge in [-0.2, -0.15) is 0 Å². The molecular weight excluding hydrogens is 434 g/mol. The minimum atomic E-state index is -1.54. The molecule has 3 rings (SSSR count). The number of imide groups is 2. The summed E-state index contributed by atoms with van der Waals surface area (Å²) in [5.41, 5.74) is 5.22. The molecule has 0 spiro atoms. The van der Waals surface area contributed by atoms with Gasteiger partial charge in [0, 0.05) is 44.0 Å². The Balaban J connectivity index is 0.000000277. The van der Waals surface area contributed by atoms with Crippen LogP contribution in [0.2, 0.25) is 0 Å². The predicted molar refractivity (Wildman–Crippen MR) is 114 cm³/mol. The first-order chi connectivity index (χ1) is 15.7. The highest BCUT2D eigenvalue weighted by atomic mass is 16.7. The van der Waals surface area contributed by atoms with Gasteiger partial charge in [0.25, 0.3) is 11.8 Å². The van der Waals surface area contributed by atoms with Crippen LogP contribution in [-0.2, 0) is 28.7 Å². The normalized spacial score (nSPS) is 22.5. The Bertz CT molecular complexity index is 767. The number of ether oxygens (including phenoxy) is 1. The summed E-state index contributed by atoms with van der Waals surface area (Å²) in [4.78, 5) is 69.7. The van der Waals surface area contributed by atoms with E-state index in [0.29, 0.717) is 32.4 Å². The van der Waals surface area contributed by atoms with Gasteiger partial charge in [-0.3, -0.25) is 33.8 Å². The third-order valence-electron chi connectivity index (χ3n) is 5.90. The summed E-state index contributed by atoms with van der Waals surface area (Å²) in [6.07, 6.45) is 7.38. The summed E-state index contributed by atoms with van der Waals surface area (Å²) in [5, 5.41) is 8.02. The third kappa shape index (κ3) is 8.08. The highest BCUT2D eigenvalue weighted by Crippen LogP contribution is 2.31. The first kappa shape index (κ1) is 26.2. The maximum Gasteiger partial charge on any atom is 0.513 e. The molecule has 0 aromatic rings. The summed E-state index contributed by atoms with van der Waals surface area (Å²) in [6.45, 7) is 1.03. The van der Waals surface area contributed by atoms with Crippen molar-refractivity contribution in [2.45, 2.75) is 70.3 Å². The average molecular weight is 466 g/mol. The van der Waals surface area contributed by atoms with Crippen LogP contribution in [0.5, 0.6) is 0 Å². The van der Waals surface area contributed by atoms with Crippen molar-refractivity contribution in [2.24, 2.45) is 11.7 Å². The van der Waals surface area contributed by atoms with Gasteiger partial charge < -0.3 is 15.6 Å². The van der Waals surface area contributed by atoms with Crippen molar-refractivity contribution in [3.05, 3.63) is 12.2 Å². The Morgan fingerprint density at radius 2 is 1.52 bits per heavy atom. The summed E-state index contributed by atoms with van der Waals surface area (Å²) in [5.74, 6) is -1.03. The van der Waals surface area contributed by atoms with Crippen LogP contribution >= 0.6 is 0 Å². The standard InChI is InChI=1S/C15H18N2O4.C7H13NO4/c18-12-5-6-13(19)16(12)9-10-1-3-11(4-2-10)17-14(20)7-8-15(17)21;8-5-3-1-2-4-6(9)12-7(10)11/h5-6,10-11H,1-4,7-9H2;1-5,8H2,(H,10,11). The lowest BCUT2D eigenvalue weighted by molar-refractivity contribution is -0.142. The van der Waals surface area contributed by atoms with Crippen LogP contribution in [0.4, 0.5) is 4.79 Å². The molecule has 1 saturated carbocycles. The number of carbonyl (C=O) groups is 6. The van der Waals surface area contributed by atoms with E-state index < -0.39 is 12.1 Å². The van der Waals surface area contributed by atoms with Gasteiger partial charge in [0.1, 0.15) is 0 Å². The molecule has 0 unspecified atom stereocenters. The second-order valence-corrected chi connectivity index (χ2v) is 8.29. The van der Waals surface area contributed by atoms with E-state index in [4.69, 9.17) is 10.8 Å². The van der Waals surface area contributed by atoms with Crippen LogP contribution in [-0.4, -0.2) is 69.8 Å². The van der Waals surface area contributed by atoms with Crippen LogP contribution in [0.1, 0.15) is 64.2 Å². The van der Waals surface area contributed by atoms with Gasteiger partial charge in [0.2, 0.25) is 11.8 Å². The van der Waals surface area contributed by atoms with Gasteiger partial charge in [0.15, 0.2) is 0 Å². The zero-order chi connectivity index (χ0) is 24.4. The molecule has 1 saturated heterocycles. The smallest absolute Gasteiger partial charge is 0.449 e. The molecule has 0 atom stereocenters. The molecule has 33 heavy (non-hydrogen) atoms. The predicted octanol–water partition coefficient (Wildman–Crippen LogP) is 1.35. The first-order valence-corrected chi connectivity index (χ1v) is 11.2. The second-order valence-electron chi connectivity index (χ2n) is 8.29. The average Bonchev–Trinajstić information content (AvgIpc) is 3.27. The Labute approximate surface area is 191 Å². The molecule has 0 radical (unpaired) electrons.